The third kappa shape index (κ3) is 3.24. The summed E-state index contributed by atoms with van der Waals surface area (Å²) in [4.78, 5) is 51.9. The van der Waals surface area contributed by atoms with Gasteiger partial charge in [0.1, 0.15) is 10.7 Å². The van der Waals surface area contributed by atoms with Gasteiger partial charge in [-0.25, -0.2) is 14.8 Å². The van der Waals surface area contributed by atoms with Crippen LogP contribution in [0.15, 0.2) is 20.7 Å². The van der Waals surface area contributed by atoms with E-state index in [2.05, 4.69) is 21.9 Å². The number of aromatic amines is 1. The number of hydrogen-bond acceptors (Lipinski definition) is 6. The smallest absolute Gasteiger partial charge is 0.324 e. The highest BCUT2D eigenvalue weighted by Gasteiger charge is 2.24. The van der Waals surface area contributed by atoms with Gasteiger partial charge in [-0.15, -0.1) is 11.3 Å². The maximum absolute atomic E-state index is 13.4. The highest BCUT2D eigenvalue weighted by Crippen LogP contribution is 2.35. The quantitative estimate of drug-likeness (QED) is 0.497. The number of aryl methyl sites for hydroxylation is 3. The molecule has 0 spiro atoms. The Labute approximate surface area is 187 Å². The molecule has 1 aliphatic carbocycles. The predicted octanol–water partition coefficient (Wildman–Crippen LogP) is 2.17. The van der Waals surface area contributed by atoms with Crippen LogP contribution in [0.25, 0.3) is 21.4 Å². The number of nitrogens with one attached hydrogen (secondary N) is 1. The number of H-pyrrole nitrogens is 1. The SMILES string of the molecule is CCCCn1c(=O)[nH]c(=O)c2c1nc(Cn1cnc3sc4c(c3c1=O)CCC(C)C4)n2C. The maximum atomic E-state index is 13.4. The molecule has 5 rings (SSSR count). The van der Waals surface area contributed by atoms with Crippen LogP contribution in [0.1, 0.15) is 49.4 Å². The molecule has 4 aromatic rings. The molecule has 0 radical (unpaired) electrons. The summed E-state index contributed by atoms with van der Waals surface area (Å²) in [6.07, 6.45) is 6.26. The molecule has 0 aliphatic heterocycles. The highest BCUT2D eigenvalue weighted by atomic mass is 32.1. The van der Waals surface area contributed by atoms with E-state index in [0.29, 0.717) is 29.5 Å². The average molecular weight is 455 g/mol. The minimum Gasteiger partial charge on any atom is -0.324 e. The normalized spacial score (nSPS) is 16.2. The first kappa shape index (κ1) is 20.9. The lowest BCUT2D eigenvalue weighted by atomic mass is 9.89. The molecular formula is C22H26N6O3S. The first-order valence-corrected chi connectivity index (χ1v) is 11.9. The van der Waals surface area contributed by atoms with Gasteiger partial charge in [-0.05, 0) is 37.2 Å². The zero-order valence-electron chi connectivity index (χ0n) is 18.5. The van der Waals surface area contributed by atoms with Gasteiger partial charge < -0.3 is 4.57 Å². The van der Waals surface area contributed by atoms with Crippen molar-refractivity contribution in [3.8, 4) is 0 Å². The highest BCUT2D eigenvalue weighted by molar-refractivity contribution is 7.18. The Hall–Kier alpha value is -3.01. The van der Waals surface area contributed by atoms with E-state index in [9.17, 15) is 14.4 Å². The van der Waals surface area contributed by atoms with Crippen LogP contribution in [0, 0.1) is 5.92 Å². The lowest BCUT2D eigenvalue weighted by Gasteiger charge is -2.17. The van der Waals surface area contributed by atoms with Crippen molar-refractivity contribution < 1.29 is 0 Å². The molecule has 0 saturated heterocycles. The molecule has 1 N–H and O–H groups in total. The summed E-state index contributed by atoms with van der Waals surface area (Å²) in [5.41, 5.74) is 0.825. The molecular weight excluding hydrogens is 428 g/mol. The van der Waals surface area contributed by atoms with Crippen molar-refractivity contribution in [1.29, 1.82) is 0 Å². The van der Waals surface area contributed by atoms with Crippen LogP contribution in [-0.4, -0.2) is 28.7 Å². The number of hydrogen-bond donors (Lipinski definition) is 1. The van der Waals surface area contributed by atoms with Crippen LogP contribution in [0.3, 0.4) is 0 Å². The van der Waals surface area contributed by atoms with E-state index in [1.54, 1.807) is 33.8 Å². The van der Waals surface area contributed by atoms with Crippen molar-refractivity contribution in [3.63, 3.8) is 0 Å². The fourth-order valence-electron chi connectivity index (χ4n) is 4.59. The summed E-state index contributed by atoms with van der Waals surface area (Å²) in [5, 5.41) is 0.718. The summed E-state index contributed by atoms with van der Waals surface area (Å²) >= 11 is 1.62. The second-order valence-electron chi connectivity index (χ2n) is 8.73. The van der Waals surface area contributed by atoms with E-state index in [1.165, 1.54) is 9.44 Å². The lowest BCUT2D eigenvalue weighted by molar-refractivity contribution is 0.509. The number of imidazole rings is 1. The van der Waals surface area contributed by atoms with Crippen molar-refractivity contribution in [2.45, 2.75) is 59.0 Å². The van der Waals surface area contributed by atoms with Crippen LogP contribution in [-0.2, 0) is 33.0 Å². The Morgan fingerprint density at radius 3 is 2.88 bits per heavy atom. The van der Waals surface area contributed by atoms with E-state index < -0.39 is 11.2 Å². The van der Waals surface area contributed by atoms with E-state index in [4.69, 9.17) is 0 Å². The van der Waals surface area contributed by atoms with Crippen molar-refractivity contribution in [2.75, 3.05) is 0 Å². The third-order valence-electron chi connectivity index (χ3n) is 6.43. The topological polar surface area (TPSA) is 108 Å². The lowest BCUT2D eigenvalue weighted by Crippen LogP contribution is -2.31. The Bertz CT molecular complexity index is 1520. The molecule has 0 saturated carbocycles. The molecule has 4 aromatic heterocycles. The number of aromatic nitrogens is 6. The zero-order valence-corrected chi connectivity index (χ0v) is 19.3. The fourth-order valence-corrected chi connectivity index (χ4v) is 5.93. The van der Waals surface area contributed by atoms with Gasteiger partial charge in [0, 0.05) is 18.5 Å². The molecule has 1 atom stereocenters. The van der Waals surface area contributed by atoms with Gasteiger partial charge in [0.15, 0.2) is 11.2 Å². The summed E-state index contributed by atoms with van der Waals surface area (Å²) in [6, 6.07) is 0. The molecule has 1 aliphatic rings. The summed E-state index contributed by atoms with van der Waals surface area (Å²) in [6.45, 7) is 4.94. The van der Waals surface area contributed by atoms with E-state index in [-0.39, 0.29) is 12.1 Å². The van der Waals surface area contributed by atoms with Crippen LogP contribution in [0.2, 0.25) is 0 Å². The maximum Gasteiger partial charge on any atom is 0.330 e. The third-order valence-corrected chi connectivity index (χ3v) is 7.60. The van der Waals surface area contributed by atoms with E-state index in [0.717, 1.165) is 47.9 Å². The van der Waals surface area contributed by atoms with Crippen LogP contribution in [0.5, 0.6) is 0 Å². The number of fused-ring (bicyclic) bond motifs is 4. The molecule has 9 nitrogen and oxygen atoms in total. The summed E-state index contributed by atoms with van der Waals surface area (Å²) in [7, 11) is 1.74. The fraction of sp³-hybridized carbons (Fsp3) is 0.500. The van der Waals surface area contributed by atoms with Gasteiger partial charge in [0.2, 0.25) is 0 Å². The molecule has 168 valence electrons. The van der Waals surface area contributed by atoms with Crippen LogP contribution < -0.4 is 16.8 Å². The van der Waals surface area contributed by atoms with Crippen molar-refractivity contribution >= 4 is 32.7 Å². The summed E-state index contributed by atoms with van der Waals surface area (Å²) in [5.74, 6) is 1.16. The van der Waals surface area contributed by atoms with Crippen LogP contribution >= 0.6 is 11.3 Å². The van der Waals surface area contributed by atoms with Gasteiger partial charge in [-0.1, -0.05) is 20.3 Å². The Balaban J connectivity index is 1.62. The average Bonchev–Trinajstić information content (AvgIpc) is 3.27. The molecule has 10 heteroatoms. The largest absolute Gasteiger partial charge is 0.330 e. The molecule has 4 heterocycles. The van der Waals surface area contributed by atoms with E-state index >= 15 is 0 Å². The van der Waals surface area contributed by atoms with Gasteiger partial charge in [-0.3, -0.25) is 23.7 Å². The minimum atomic E-state index is -0.471. The first-order valence-electron chi connectivity index (χ1n) is 11.1. The zero-order chi connectivity index (χ0) is 22.6. The molecule has 0 amide bonds. The van der Waals surface area contributed by atoms with Crippen molar-refractivity contribution in [2.24, 2.45) is 13.0 Å². The predicted molar refractivity (Wildman–Crippen MR) is 125 cm³/mol. The molecule has 0 fully saturated rings. The number of nitrogens with zero attached hydrogens (tertiary/aromatic N) is 5. The molecule has 0 aromatic carbocycles. The van der Waals surface area contributed by atoms with Gasteiger partial charge in [0.05, 0.1) is 18.3 Å². The van der Waals surface area contributed by atoms with Gasteiger partial charge in [0.25, 0.3) is 11.1 Å². The van der Waals surface area contributed by atoms with Crippen molar-refractivity contribution in [1.82, 2.24) is 28.7 Å². The van der Waals surface area contributed by atoms with Crippen LogP contribution in [0.4, 0.5) is 0 Å². The Morgan fingerprint density at radius 1 is 1.28 bits per heavy atom. The van der Waals surface area contributed by atoms with Crippen molar-refractivity contribution in [3.05, 3.63) is 53.8 Å². The monoisotopic (exact) mass is 454 g/mol. The van der Waals surface area contributed by atoms with E-state index in [1.807, 2.05) is 6.92 Å². The molecule has 32 heavy (non-hydrogen) atoms. The summed E-state index contributed by atoms with van der Waals surface area (Å²) < 4.78 is 4.72. The van der Waals surface area contributed by atoms with Gasteiger partial charge >= 0.3 is 5.69 Å². The molecule has 0 bridgehead atoms. The standard InChI is InChI=1S/C22H26N6O3S/c1-4-5-8-28-18-17(19(29)25-22(28)31)26(3)15(24-18)10-27-11-23-20-16(21(27)30)13-7-6-12(2)9-14(13)32-20/h11-12H,4-10H2,1-3H3,(H,25,29,31). The van der Waals surface area contributed by atoms with Gasteiger partial charge in [-0.2, -0.15) is 0 Å². The second-order valence-corrected chi connectivity index (χ2v) is 9.82. The Kier molecular flexibility index (Phi) is 5.11. The minimum absolute atomic E-state index is 0.0774. The Morgan fingerprint density at radius 2 is 2.09 bits per heavy atom. The molecule has 1 unspecified atom stereocenters. The second kappa shape index (κ2) is 7.84. The first-order chi connectivity index (χ1) is 15.4. The number of rotatable bonds is 5. The number of thiophene rings is 1. The number of unbranched alkanes of at least 4 members (excludes halogenated alkanes) is 1.